The van der Waals surface area contributed by atoms with Gasteiger partial charge in [0.1, 0.15) is 5.69 Å². The molecule has 0 aliphatic heterocycles. The summed E-state index contributed by atoms with van der Waals surface area (Å²) in [5.41, 5.74) is -0.507. The first-order valence-corrected chi connectivity index (χ1v) is 6.08. The molecule has 0 unspecified atom stereocenters. The van der Waals surface area contributed by atoms with Gasteiger partial charge in [-0.1, -0.05) is 34.8 Å². The molecule has 0 amide bonds. The van der Waals surface area contributed by atoms with Crippen LogP contribution in [0.2, 0.25) is 15.1 Å². The maximum atomic E-state index is 14.0. The number of hydrogen-bond acceptors (Lipinski definition) is 2. The molecule has 98 valence electrons. The Hall–Kier alpha value is -1.36. The Balaban J connectivity index is 2.70. The molecule has 7 heteroatoms. The van der Waals surface area contributed by atoms with E-state index in [9.17, 15) is 9.18 Å². The number of carbonyl (C=O) groups is 1. The molecule has 0 radical (unpaired) electrons. The first-order valence-electron chi connectivity index (χ1n) is 4.95. The van der Waals surface area contributed by atoms with Gasteiger partial charge in [0.25, 0.3) is 0 Å². The Bertz CT molecular complexity index is 676. The van der Waals surface area contributed by atoms with E-state index >= 15 is 0 Å². The van der Waals surface area contributed by atoms with Crippen LogP contribution in [0, 0.1) is 5.82 Å². The smallest absolute Gasteiger partial charge is 0.338 e. The fourth-order valence-corrected chi connectivity index (χ4v) is 2.13. The van der Waals surface area contributed by atoms with Crippen molar-refractivity contribution in [3.63, 3.8) is 0 Å². The number of halogens is 4. The summed E-state index contributed by atoms with van der Waals surface area (Å²) in [5.74, 6) is -2.37. The number of carboxylic acids is 1. The van der Waals surface area contributed by atoms with Crippen LogP contribution in [-0.4, -0.2) is 16.1 Å². The summed E-state index contributed by atoms with van der Waals surface area (Å²) in [6.45, 7) is 0. The van der Waals surface area contributed by atoms with Crippen LogP contribution in [0.3, 0.4) is 0 Å². The lowest BCUT2D eigenvalue weighted by Gasteiger charge is -2.08. The average Bonchev–Trinajstić information content (AvgIpc) is 2.37. The minimum atomic E-state index is -1.39. The molecule has 3 nitrogen and oxygen atoms in total. The molecule has 0 saturated carbocycles. The molecule has 0 aliphatic carbocycles. The molecule has 1 heterocycles. The first kappa shape index (κ1) is 14.1. The normalized spacial score (nSPS) is 10.5. The van der Waals surface area contributed by atoms with Gasteiger partial charge in [-0.15, -0.1) is 0 Å². The molecule has 2 aromatic rings. The van der Waals surface area contributed by atoms with Crippen molar-refractivity contribution < 1.29 is 14.3 Å². The maximum Gasteiger partial charge on any atom is 0.338 e. The van der Waals surface area contributed by atoms with Crippen LogP contribution >= 0.6 is 34.8 Å². The van der Waals surface area contributed by atoms with Crippen molar-refractivity contribution in [2.45, 2.75) is 0 Å². The minimum absolute atomic E-state index is 0.0168. The lowest BCUT2D eigenvalue weighted by atomic mass is 10.1. The van der Waals surface area contributed by atoms with Crippen LogP contribution in [-0.2, 0) is 0 Å². The van der Waals surface area contributed by atoms with E-state index in [1.807, 2.05) is 0 Å². The topological polar surface area (TPSA) is 50.2 Å². The van der Waals surface area contributed by atoms with E-state index in [1.165, 1.54) is 18.3 Å². The highest BCUT2D eigenvalue weighted by Gasteiger charge is 2.19. The Morgan fingerprint density at radius 2 is 1.84 bits per heavy atom. The molecule has 0 atom stereocenters. The van der Waals surface area contributed by atoms with Crippen molar-refractivity contribution in [2.75, 3.05) is 0 Å². The summed E-state index contributed by atoms with van der Waals surface area (Å²) in [6, 6.07) is 3.92. The van der Waals surface area contributed by atoms with Gasteiger partial charge in [0.15, 0.2) is 5.82 Å². The van der Waals surface area contributed by atoms with Crippen LogP contribution in [0.4, 0.5) is 4.39 Å². The van der Waals surface area contributed by atoms with Gasteiger partial charge in [0.2, 0.25) is 0 Å². The van der Waals surface area contributed by atoms with E-state index < -0.39 is 17.3 Å². The van der Waals surface area contributed by atoms with Crippen molar-refractivity contribution in [1.82, 2.24) is 4.98 Å². The zero-order valence-corrected chi connectivity index (χ0v) is 11.4. The third-order valence-corrected chi connectivity index (χ3v) is 3.70. The third kappa shape index (κ3) is 2.52. The lowest BCUT2D eigenvalue weighted by Crippen LogP contribution is -2.03. The second kappa shape index (κ2) is 5.33. The number of carboxylic acid groups (broad SMARTS) is 1. The molecule has 19 heavy (non-hydrogen) atoms. The number of aromatic carboxylic acids is 1. The average molecular weight is 321 g/mol. The Kier molecular flexibility index (Phi) is 3.94. The number of aromatic nitrogens is 1. The largest absolute Gasteiger partial charge is 0.478 e. The molecule has 0 spiro atoms. The minimum Gasteiger partial charge on any atom is -0.478 e. The second-order valence-electron chi connectivity index (χ2n) is 3.55. The van der Waals surface area contributed by atoms with Gasteiger partial charge in [-0.05, 0) is 18.2 Å². The SMILES string of the molecule is O=C(O)c1ccnc(-c2ccc(Cl)c(Cl)c2Cl)c1F. The first-order chi connectivity index (χ1) is 8.93. The number of hydrogen-bond donors (Lipinski definition) is 1. The van der Waals surface area contributed by atoms with Gasteiger partial charge < -0.3 is 5.11 Å². The van der Waals surface area contributed by atoms with Gasteiger partial charge in [-0.3, -0.25) is 4.98 Å². The van der Waals surface area contributed by atoms with Crippen molar-refractivity contribution >= 4 is 40.8 Å². The van der Waals surface area contributed by atoms with Crippen molar-refractivity contribution in [2.24, 2.45) is 0 Å². The number of rotatable bonds is 2. The molecule has 0 aliphatic rings. The lowest BCUT2D eigenvalue weighted by molar-refractivity contribution is 0.0692. The van der Waals surface area contributed by atoms with Crippen LogP contribution in [0.1, 0.15) is 10.4 Å². The van der Waals surface area contributed by atoms with E-state index in [1.54, 1.807) is 0 Å². The molecule has 1 aromatic heterocycles. The molecule has 2 rings (SSSR count). The molecular formula is C12H5Cl3FNO2. The van der Waals surface area contributed by atoms with Crippen molar-refractivity contribution in [3.8, 4) is 11.3 Å². The van der Waals surface area contributed by atoms with Gasteiger partial charge in [-0.25, -0.2) is 9.18 Å². The highest BCUT2D eigenvalue weighted by atomic mass is 35.5. The number of nitrogens with zero attached hydrogens (tertiary/aromatic N) is 1. The predicted molar refractivity (Wildman–Crippen MR) is 71.6 cm³/mol. The van der Waals surface area contributed by atoms with Crippen LogP contribution in [0.15, 0.2) is 24.4 Å². The standard InChI is InChI=1S/C12H5Cl3FNO2/c13-7-2-1-5(8(14)9(7)15)11-10(16)6(12(18)19)3-4-17-11/h1-4H,(H,18,19). The molecule has 0 saturated heterocycles. The highest BCUT2D eigenvalue weighted by molar-refractivity contribution is 6.49. The van der Waals surface area contributed by atoms with Crippen LogP contribution in [0.5, 0.6) is 0 Å². The summed E-state index contributed by atoms with van der Waals surface area (Å²) in [5, 5.41) is 9.15. The summed E-state index contributed by atoms with van der Waals surface area (Å²) in [4.78, 5) is 14.7. The van der Waals surface area contributed by atoms with Crippen LogP contribution < -0.4 is 0 Å². The van der Waals surface area contributed by atoms with E-state index in [4.69, 9.17) is 39.9 Å². The Morgan fingerprint density at radius 3 is 2.47 bits per heavy atom. The molecule has 1 N–H and O–H groups in total. The highest BCUT2D eigenvalue weighted by Crippen LogP contribution is 2.38. The predicted octanol–water partition coefficient (Wildman–Crippen LogP) is 4.55. The summed E-state index contributed by atoms with van der Waals surface area (Å²) >= 11 is 17.6. The van der Waals surface area contributed by atoms with Gasteiger partial charge in [0, 0.05) is 11.8 Å². The Labute approximate surface area is 122 Å². The van der Waals surface area contributed by atoms with Crippen molar-refractivity contribution in [3.05, 3.63) is 50.8 Å². The quantitative estimate of drug-likeness (QED) is 0.826. The maximum absolute atomic E-state index is 14.0. The molecule has 0 bridgehead atoms. The summed E-state index contributed by atoms with van der Waals surface area (Å²) < 4.78 is 14.0. The molecular weight excluding hydrogens is 315 g/mol. The second-order valence-corrected chi connectivity index (χ2v) is 4.71. The zero-order chi connectivity index (χ0) is 14.2. The van der Waals surface area contributed by atoms with Gasteiger partial charge in [-0.2, -0.15) is 0 Å². The Morgan fingerprint density at radius 1 is 1.16 bits per heavy atom. The van der Waals surface area contributed by atoms with E-state index in [2.05, 4.69) is 4.98 Å². The van der Waals surface area contributed by atoms with E-state index in [0.29, 0.717) is 0 Å². The van der Waals surface area contributed by atoms with Gasteiger partial charge >= 0.3 is 5.97 Å². The van der Waals surface area contributed by atoms with E-state index in [-0.39, 0.29) is 26.3 Å². The molecule has 0 fully saturated rings. The van der Waals surface area contributed by atoms with Gasteiger partial charge in [0.05, 0.1) is 20.6 Å². The van der Waals surface area contributed by atoms with E-state index in [0.717, 1.165) is 6.07 Å². The fraction of sp³-hybridized carbons (Fsp3) is 0. The summed E-state index contributed by atoms with van der Waals surface area (Å²) in [6.07, 6.45) is 1.18. The van der Waals surface area contributed by atoms with Crippen LogP contribution in [0.25, 0.3) is 11.3 Å². The fourth-order valence-electron chi connectivity index (χ4n) is 1.51. The summed E-state index contributed by atoms with van der Waals surface area (Å²) in [7, 11) is 0. The number of benzene rings is 1. The monoisotopic (exact) mass is 319 g/mol. The third-order valence-electron chi connectivity index (χ3n) is 2.41. The molecule has 1 aromatic carbocycles. The zero-order valence-electron chi connectivity index (χ0n) is 9.12. The van der Waals surface area contributed by atoms with Crippen molar-refractivity contribution in [1.29, 1.82) is 0 Å². The number of pyridine rings is 1.